The molecule has 1 N–H and O–H groups in total. The molecule has 1 fully saturated rings. The summed E-state index contributed by atoms with van der Waals surface area (Å²) in [6, 6.07) is 5.12. The lowest BCUT2D eigenvalue weighted by atomic mass is 10.1. The summed E-state index contributed by atoms with van der Waals surface area (Å²) in [6.07, 6.45) is 4.94. The first kappa shape index (κ1) is 14.4. The Labute approximate surface area is 127 Å². The minimum atomic E-state index is -3.38. The minimum absolute atomic E-state index is 0.0305. The SMILES string of the molecule is O=S(=O)(NC1CCN(c2ncccn2)CC1)c1cccs1. The summed E-state index contributed by atoms with van der Waals surface area (Å²) in [7, 11) is -3.38. The number of rotatable bonds is 4. The van der Waals surface area contributed by atoms with Crippen LogP contribution in [-0.4, -0.2) is 37.5 Å². The third-order valence-corrected chi connectivity index (χ3v) is 6.33. The molecule has 3 heterocycles. The van der Waals surface area contributed by atoms with Crippen molar-refractivity contribution in [2.45, 2.75) is 23.1 Å². The summed E-state index contributed by atoms with van der Waals surface area (Å²) in [4.78, 5) is 10.5. The highest BCUT2D eigenvalue weighted by atomic mass is 32.2. The van der Waals surface area contributed by atoms with E-state index in [0.29, 0.717) is 10.2 Å². The highest BCUT2D eigenvalue weighted by molar-refractivity contribution is 7.91. The Bertz CT molecular complexity index is 665. The van der Waals surface area contributed by atoms with Gasteiger partial charge < -0.3 is 4.90 Å². The van der Waals surface area contributed by atoms with Gasteiger partial charge in [0, 0.05) is 31.5 Å². The van der Waals surface area contributed by atoms with Crippen LogP contribution >= 0.6 is 11.3 Å². The lowest BCUT2D eigenvalue weighted by molar-refractivity contribution is 0.457. The summed E-state index contributed by atoms with van der Waals surface area (Å²) in [5.41, 5.74) is 0. The van der Waals surface area contributed by atoms with Gasteiger partial charge in [-0.1, -0.05) is 6.07 Å². The fourth-order valence-corrected chi connectivity index (χ4v) is 4.66. The van der Waals surface area contributed by atoms with E-state index >= 15 is 0 Å². The maximum absolute atomic E-state index is 12.2. The second kappa shape index (κ2) is 6.08. The van der Waals surface area contributed by atoms with Crippen molar-refractivity contribution in [3.05, 3.63) is 36.0 Å². The Morgan fingerprint density at radius 3 is 2.52 bits per heavy atom. The highest BCUT2D eigenvalue weighted by Crippen LogP contribution is 2.20. The molecule has 0 atom stereocenters. The van der Waals surface area contributed by atoms with Crippen molar-refractivity contribution in [3.63, 3.8) is 0 Å². The van der Waals surface area contributed by atoms with Crippen LogP contribution in [0.5, 0.6) is 0 Å². The van der Waals surface area contributed by atoms with Crippen molar-refractivity contribution in [2.75, 3.05) is 18.0 Å². The van der Waals surface area contributed by atoms with Crippen molar-refractivity contribution in [1.82, 2.24) is 14.7 Å². The number of sulfonamides is 1. The molecule has 21 heavy (non-hydrogen) atoms. The molecular weight excluding hydrogens is 308 g/mol. The number of aromatic nitrogens is 2. The molecule has 1 aliphatic heterocycles. The molecule has 8 heteroatoms. The predicted molar refractivity (Wildman–Crippen MR) is 81.9 cm³/mol. The monoisotopic (exact) mass is 324 g/mol. The molecule has 0 aromatic carbocycles. The predicted octanol–water partition coefficient (Wildman–Crippen LogP) is 1.49. The first-order valence-corrected chi connectivity index (χ1v) is 9.09. The molecule has 2 aromatic rings. The largest absolute Gasteiger partial charge is 0.341 e. The van der Waals surface area contributed by atoms with E-state index in [1.54, 1.807) is 36.0 Å². The number of hydrogen-bond acceptors (Lipinski definition) is 6. The van der Waals surface area contributed by atoms with Crippen LogP contribution in [-0.2, 0) is 10.0 Å². The molecule has 0 radical (unpaired) electrons. The van der Waals surface area contributed by atoms with Gasteiger partial charge in [-0.2, -0.15) is 0 Å². The second-order valence-electron chi connectivity index (χ2n) is 4.86. The lowest BCUT2D eigenvalue weighted by Gasteiger charge is -2.31. The normalized spacial score (nSPS) is 17.0. The third-order valence-electron chi connectivity index (χ3n) is 3.41. The molecule has 112 valence electrons. The molecule has 3 rings (SSSR count). The number of thiophene rings is 1. The van der Waals surface area contributed by atoms with E-state index in [2.05, 4.69) is 19.6 Å². The number of anilines is 1. The minimum Gasteiger partial charge on any atom is -0.341 e. The maximum Gasteiger partial charge on any atom is 0.250 e. The number of nitrogens with one attached hydrogen (secondary N) is 1. The van der Waals surface area contributed by atoms with Crippen LogP contribution in [0.1, 0.15) is 12.8 Å². The van der Waals surface area contributed by atoms with Crippen molar-refractivity contribution in [2.24, 2.45) is 0 Å². The summed E-state index contributed by atoms with van der Waals surface area (Å²) in [5.74, 6) is 0.706. The van der Waals surface area contributed by atoms with E-state index in [0.717, 1.165) is 25.9 Å². The van der Waals surface area contributed by atoms with E-state index in [1.165, 1.54) is 11.3 Å². The molecule has 6 nitrogen and oxygen atoms in total. The number of hydrogen-bond donors (Lipinski definition) is 1. The Kier molecular flexibility index (Phi) is 4.18. The average Bonchev–Trinajstić information content (AvgIpc) is 3.04. The van der Waals surface area contributed by atoms with Crippen molar-refractivity contribution < 1.29 is 8.42 Å². The van der Waals surface area contributed by atoms with Crippen LogP contribution in [0.25, 0.3) is 0 Å². The maximum atomic E-state index is 12.2. The van der Waals surface area contributed by atoms with Gasteiger partial charge in [0.25, 0.3) is 0 Å². The van der Waals surface area contributed by atoms with Gasteiger partial charge in [-0.15, -0.1) is 11.3 Å². The van der Waals surface area contributed by atoms with Crippen LogP contribution in [0.4, 0.5) is 5.95 Å². The molecule has 0 aliphatic carbocycles. The molecular formula is C13H16N4O2S2. The van der Waals surface area contributed by atoms with Crippen LogP contribution in [0.15, 0.2) is 40.2 Å². The topological polar surface area (TPSA) is 75.2 Å². The smallest absolute Gasteiger partial charge is 0.250 e. The molecule has 0 unspecified atom stereocenters. The standard InChI is InChI=1S/C13H16N4O2S2/c18-21(19,12-3-1-10-20-12)16-11-4-8-17(9-5-11)13-14-6-2-7-15-13/h1-3,6-7,10-11,16H,4-5,8-9H2. The van der Waals surface area contributed by atoms with Crippen molar-refractivity contribution >= 4 is 27.3 Å². The molecule has 2 aromatic heterocycles. The Balaban J connectivity index is 1.59. The molecule has 0 saturated carbocycles. The van der Waals surface area contributed by atoms with Crippen LogP contribution in [0.3, 0.4) is 0 Å². The highest BCUT2D eigenvalue weighted by Gasteiger charge is 2.25. The fourth-order valence-electron chi connectivity index (χ4n) is 2.35. The zero-order valence-corrected chi connectivity index (χ0v) is 13.0. The van der Waals surface area contributed by atoms with Gasteiger partial charge in [-0.3, -0.25) is 0 Å². The zero-order chi connectivity index (χ0) is 14.7. The molecule has 0 spiro atoms. The Morgan fingerprint density at radius 1 is 1.19 bits per heavy atom. The van der Waals surface area contributed by atoms with Gasteiger partial charge in [-0.05, 0) is 30.4 Å². The quantitative estimate of drug-likeness (QED) is 0.922. The van der Waals surface area contributed by atoms with Gasteiger partial charge >= 0.3 is 0 Å². The van der Waals surface area contributed by atoms with E-state index < -0.39 is 10.0 Å². The van der Waals surface area contributed by atoms with E-state index in [4.69, 9.17) is 0 Å². The van der Waals surface area contributed by atoms with E-state index in [-0.39, 0.29) is 6.04 Å². The summed E-state index contributed by atoms with van der Waals surface area (Å²) < 4.78 is 27.5. The van der Waals surface area contributed by atoms with Gasteiger partial charge in [0.1, 0.15) is 4.21 Å². The first-order valence-electron chi connectivity index (χ1n) is 6.73. The lowest BCUT2D eigenvalue weighted by Crippen LogP contribution is -2.44. The van der Waals surface area contributed by atoms with Gasteiger partial charge in [-0.25, -0.2) is 23.1 Å². The molecule has 0 amide bonds. The number of piperidine rings is 1. The Morgan fingerprint density at radius 2 is 1.90 bits per heavy atom. The van der Waals surface area contributed by atoms with Crippen LogP contribution in [0.2, 0.25) is 0 Å². The molecule has 0 bridgehead atoms. The van der Waals surface area contributed by atoms with Gasteiger partial charge in [0.15, 0.2) is 0 Å². The summed E-state index contributed by atoms with van der Waals surface area (Å²) in [6.45, 7) is 1.50. The number of nitrogens with zero attached hydrogens (tertiary/aromatic N) is 3. The molecule has 1 saturated heterocycles. The fraction of sp³-hybridized carbons (Fsp3) is 0.385. The van der Waals surface area contributed by atoms with E-state index in [9.17, 15) is 8.42 Å². The van der Waals surface area contributed by atoms with Gasteiger partial charge in [0.05, 0.1) is 0 Å². The van der Waals surface area contributed by atoms with Crippen molar-refractivity contribution in [3.8, 4) is 0 Å². The summed E-state index contributed by atoms with van der Waals surface area (Å²) >= 11 is 1.23. The second-order valence-corrected chi connectivity index (χ2v) is 7.75. The Hall–Kier alpha value is -1.51. The first-order chi connectivity index (χ1) is 10.1. The average molecular weight is 324 g/mol. The zero-order valence-electron chi connectivity index (χ0n) is 11.3. The molecule has 1 aliphatic rings. The van der Waals surface area contributed by atoms with Crippen LogP contribution < -0.4 is 9.62 Å². The third kappa shape index (κ3) is 3.39. The van der Waals surface area contributed by atoms with Gasteiger partial charge in [0.2, 0.25) is 16.0 Å². The van der Waals surface area contributed by atoms with Crippen LogP contribution in [0, 0.1) is 0 Å². The van der Waals surface area contributed by atoms with Crippen molar-refractivity contribution in [1.29, 1.82) is 0 Å². The van der Waals surface area contributed by atoms with E-state index in [1.807, 2.05) is 0 Å². The summed E-state index contributed by atoms with van der Waals surface area (Å²) in [5, 5.41) is 1.77.